The predicted octanol–water partition coefficient (Wildman–Crippen LogP) is 3.88. The van der Waals surface area contributed by atoms with Crippen LogP contribution in [0.3, 0.4) is 0 Å². The van der Waals surface area contributed by atoms with Crippen molar-refractivity contribution in [1.82, 2.24) is 30.5 Å². The van der Waals surface area contributed by atoms with Gasteiger partial charge >= 0.3 is 6.18 Å². The highest BCUT2D eigenvalue weighted by Gasteiger charge is 2.40. The fourth-order valence-corrected chi connectivity index (χ4v) is 6.38. The summed E-state index contributed by atoms with van der Waals surface area (Å²) < 4.78 is 45.5. The molecule has 2 N–H and O–H groups in total. The lowest BCUT2D eigenvalue weighted by molar-refractivity contribution is -0.137. The second-order valence-corrected chi connectivity index (χ2v) is 10.2. The normalized spacial score (nSPS) is 25.3. The van der Waals surface area contributed by atoms with Gasteiger partial charge in [0.1, 0.15) is 0 Å². The van der Waals surface area contributed by atoms with Crippen molar-refractivity contribution in [3.05, 3.63) is 40.8 Å². The Morgan fingerprint density at radius 3 is 2.76 bits per heavy atom. The number of tetrazole rings is 1. The fourth-order valence-electron chi connectivity index (χ4n) is 6.38. The van der Waals surface area contributed by atoms with E-state index in [2.05, 4.69) is 30.5 Å². The second-order valence-electron chi connectivity index (χ2n) is 10.2. The molecule has 3 aromatic rings. The zero-order valence-electron chi connectivity index (χ0n) is 19.0. The summed E-state index contributed by atoms with van der Waals surface area (Å²) in [6.45, 7) is 4.41. The first kappa shape index (κ1) is 22.0. The number of hydrogen-bond acceptors (Lipinski definition) is 5. The first-order chi connectivity index (χ1) is 16.4. The number of nitrogens with zero attached hydrogens (tertiary/aromatic N) is 4. The number of piperidine rings is 1. The minimum absolute atomic E-state index is 0.104. The van der Waals surface area contributed by atoms with E-state index in [9.17, 15) is 13.2 Å². The average Bonchev–Trinajstić information content (AvgIpc) is 3.49. The molecule has 2 atom stereocenters. The van der Waals surface area contributed by atoms with E-state index in [1.54, 1.807) is 6.07 Å². The molecule has 2 saturated heterocycles. The van der Waals surface area contributed by atoms with E-state index >= 15 is 0 Å². The van der Waals surface area contributed by atoms with Gasteiger partial charge in [-0.15, -0.1) is 10.2 Å². The molecule has 1 aliphatic carbocycles. The summed E-state index contributed by atoms with van der Waals surface area (Å²) in [7, 11) is 0. The molecule has 1 unspecified atom stereocenters. The molecule has 4 heterocycles. The Balaban J connectivity index is 1.18. The van der Waals surface area contributed by atoms with E-state index in [1.165, 1.54) is 12.1 Å². The van der Waals surface area contributed by atoms with Crippen molar-refractivity contribution >= 4 is 10.9 Å². The van der Waals surface area contributed by atoms with Crippen LogP contribution in [0.5, 0.6) is 0 Å². The largest absolute Gasteiger partial charge is 0.416 e. The Labute approximate surface area is 195 Å². The quantitative estimate of drug-likeness (QED) is 0.600. The highest BCUT2D eigenvalue weighted by molar-refractivity contribution is 5.85. The van der Waals surface area contributed by atoms with Gasteiger partial charge in [-0.05, 0) is 87.2 Å². The number of likely N-dealkylation sites (tertiary alicyclic amines) is 1. The second kappa shape index (κ2) is 8.34. The van der Waals surface area contributed by atoms with E-state index in [-0.39, 0.29) is 5.41 Å². The van der Waals surface area contributed by atoms with E-state index in [4.69, 9.17) is 4.74 Å². The molecule has 1 aromatic carbocycles. The van der Waals surface area contributed by atoms with Crippen molar-refractivity contribution in [1.29, 1.82) is 0 Å². The van der Waals surface area contributed by atoms with Crippen LogP contribution in [-0.4, -0.2) is 63.4 Å². The van der Waals surface area contributed by atoms with Gasteiger partial charge in [-0.2, -0.15) is 18.4 Å². The predicted molar refractivity (Wildman–Crippen MR) is 119 cm³/mol. The van der Waals surface area contributed by atoms with E-state index < -0.39 is 11.7 Å². The van der Waals surface area contributed by atoms with Gasteiger partial charge in [0.25, 0.3) is 0 Å². The van der Waals surface area contributed by atoms with Crippen molar-refractivity contribution < 1.29 is 17.9 Å². The maximum Gasteiger partial charge on any atom is 0.416 e. The lowest BCUT2D eigenvalue weighted by Crippen LogP contribution is -2.46. The number of rotatable bonds is 4. The molecule has 182 valence electrons. The highest BCUT2D eigenvalue weighted by atomic mass is 19.4. The SMILES string of the molecule is FC(F)(F)c1ccc2[nH]c3c(c2c1)CC1CN(CCC2(c4nn[nH]n4)CCOCC2)CC[C@@H]1C3. The molecule has 2 fully saturated rings. The van der Waals surface area contributed by atoms with Crippen LogP contribution in [0.15, 0.2) is 18.2 Å². The third-order valence-electron chi connectivity index (χ3n) is 8.41. The van der Waals surface area contributed by atoms with Crippen LogP contribution in [0, 0.1) is 11.8 Å². The zero-order chi connectivity index (χ0) is 23.3. The minimum atomic E-state index is -4.32. The molecule has 3 aliphatic rings. The molecule has 7 nitrogen and oxygen atoms in total. The van der Waals surface area contributed by atoms with Gasteiger partial charge < -0.3 is 14.6 Å². The summed E-state index contributed by atoms with van der Waals surface area (Å²) in [5.41, 5.74) is 2.35. The number of halogens is 3. The summed E-state index contributed by atoms with van der Waals surface area (Å²) in [5.74, 6) is 1.83. The Morgan fingerprint density at radius 1 is 1.15 bits per heavy atom. The van der Waals surface area contributed by atoms with Crippen LogP contribution in [0.25, 0.3) is 10.9 Å². The van der Waals surface area contributed by atoms with Crippen LogP contribution >= 0.6 is 0 Å². The van der Waals surface area contributed by atoms with Crippen LogP contribution < -0.4 is 0 Å². The summed E-state index contributed by atoms with van der Waals surface area (Å²) >= 11 is 0. The molecule has 0 saturated carbocycles. The Bertz CT molecular complexity index is 1150. The number of aromatic nitrogens is 5. The topological polar surface area (TPSA) is 82.7 Å². The Hall–Kier alpha value is -2.46. The van der Waals surface area contributed by atoms with Gasteiger partial charge in [0, 0.05) is 41.8 Å². The number of H-pyrrole nitrogens is 2. The van der Waals surface area contributed by atoms with E-state index in [0.29, 0.717) is 25.0 Å². The van der Waals surface area contributed by atoms with Gasteiger partial charge in [-0.3, -0.25) is 0 Å². The van der Waals surface area contributed by atoms with Crippen molar-refractivity contribution in [2.75, 3.05) is 32.8 Å². The zero-order valence-corrected chi connectivity index (χ0v) is 19.0. The number of aromatic amines is 2. The van der Waals surface area contributed by atoms with Gasteiger partial charge in [-0.25, -0.2) is 0 Å². The molecule has 0 spiro atoms. The average molecular weight is 475 g/mol. The molecule has 0 amide bonds. The summed E-state index contributed by atoms with van der Waals surface area (Å²) in [4.78, 5) is 5.94. The van der Waals surface area contributed by atoms with Gasteiger partial charge in [0.15, 0.2) is 5.82 Å². The van der Waals surface area contributed by atoms with Crippen molar-refractivity contribution in [2.24, 2.45) is 11.8 Å². The molecule has 0 bridgehead atoms. The number of fused-ring (bicyclic) bond motifs is 4. The van der Waals surface area contributed by atoms with Crippen LogP contribution in [0.4, 0.5) is 13.2 Å². The number of hydrogen-bond donors (Lipinski definition) is 2. The first-order valence-corrected chi connectivity index (χ1v) is 12.2. The lowest BCUT2D eigenvalue weighted by Gasteiger charge is -2.43. The minimum Gasteiger partial charge on any atom is -0.381 e. The summed E-state index contributed by atoms with van der Waals surface area (Å²) in [6.07, 6.45) is 1.30. The third kappa shape index (κ3) is 3.90. The lowest BCUT2D eigenvalue weighted by atomic mass is 9.73. The fraction of sp³-hybridized carbons (Fsp3) is 0.625. The van der Waals surface area contributed by atoms with E-state index in [1.807, 2.05) is 0 Å². The number of alkyl halides is 3. The molecular weight excluding hydrogens is 445 g/mol. The van der Waals surface area contributed by atoms with Gasteiger partial charge in [0.05, 0.1) is 5.56 Å². The van der Waals surface area contributed by atoms with Crippen LogP contribution in [0.2, 0.25) is 0 Å². The monoisotopic (exact) mass is 474 g/mol. The number of ether oxygens (including phenoxy) is 1. The molecule has 2 aliphatic heterocycles. The molecule has 6 rings (SSSR count). The Morgan fingerprint density at radius 2 is 2.00 bits per heavy atom. The van der Waals surface area contributed by atoms with Gasteiger partial charge in [0.2, 0.25) is 0 Å². The first-order valence-electron chi connectivity index (χ1n) is 12.2. The molecule has 10 heteroatoms. The number of nitrogens with one attached hydrogen (secondary N) is 2. The van der Waals surface area contributed by atoms with Gasteiger partial charge in [-0.1, -0.05) is 5.21 Å². The summed E-state index contributed by atoms with van der Waals surface area (Å²) in [5, 5.41) is 15.7. The number of benzene rings is 1. The maximum atomic E-state index is 13.3. The van der Waals surface area contributed by atoms with Crippen molar-refractivity contribution in [3.63, 3.8) is 0 Å². The molecule has 2 aromatic heterocycles. The maximum absolute atomic E-state index is 13.3. The Kier molecular flexibility index (Phi) is 5.40. The van der Waals surface area contributed by atoms with Crippen LogP contribution in [-0.2, 0) is 29.2 Å². The van der Waals surface area contributed by atoms with Crippen molar-refractivity contribution in [2.45, 2.75) is 50.1 Å². The highest BCUT2D eigenvalue weighted by Crippen LogP contribution is 2.41. The van der Waals surface area contributed by atoms with Crippen molar-refractivity contribution in [3.8, 4) is 0 Å². The molecular formula is C24H29F3N6O. The standard InChI is InChI=1S/C24H29F3N6O/c25-24(26,27)17-1-2-20-19(13-17)18-11-16-14-33(7-3-15(16)12-21(18)28-20)8-4-23(5-9-34-10-6-23)22-29-31-32-30-22/h1-2,13,15-16,28H,3-12,14H2,(H,29,30,31,32)/t15-,16?/m1/s1. The molecule has 34 heavy (non-hydrogen) atoms. The van der Waals surface area contributed by atoms with E-state index in [0.717, 1.165) is 86.1 Å². The smallest absolute Gasteiger partial charge is 0.381 e. The third-order valence-corrected chi connectivity index (χ3v) is 8.41. The molecule has 0 radical (unpaired) electrons. The summed E-state index contributed by atoms with van der Waals surface area (Å²) in [6, 6.07) is 4.08. The van der Waals surface area contributed by atoms with Crippen LogP contribution in [0.1, 0.15) is 48.3 Å².